The molecular formula is C28H29Cl2FN2O2. The first-order valence-electron chi connectivity index (χ1n) is 11.6. The SMILES string of the molecule is CC[C@H](C)NC(=O)[C@@H](Cc1ccccc1)N(Cc1ccc(Cl)c(Cl)c1)C(=O)Cc1ccccc1F. The Balaban J connectivity index is 2.00. The first-order chi connectivity index (χ1) is 16.8. The summed E-state index contributed by atoms with van der Waals surface area (Å²) < 4.78 is 14.4. The summed E-state index contributed by atoms with van der Waals surface area (Å²) in [5.41, 5.74) is 1.91. The lowest BCUT2D eigenvalue weighted by molar-refractivity contribution is -0.141. The van der Waals surface area contributed by atoms with E-state index >= 15 is 0 Å². The zero-order valence-electron chi connectivity index (χ0n) is 19.8. The van der Waals surface area contributed by atoms with E-state index in [-0.39, 0.29) is 36.4 Å². The van der Waals surface area contributed by atoms with Crippen LogP contribution in [0.3, 0.4) is 0 Å². The summed E-state index contributed by atoms with van der Waals surface area (Å²) in [4.78, 5) is 28.6. The van der Waals surface area contributed by atoms with Crippen molar-refractivity contribution in [1.82, 2.24) is 10.2 Å². The summed E-state index contributed by atoms with van der Waals surface area (Å²) in [6, 6.07) is 19.9. The van der Waals surface area contributed by atoms with Gasteiger partial charge < -0.3 is 10.2 Å². The highest BCUT2D eigenvalue weighted by Crippen LogP contribution is 2.25. The van der Waals surface area contributed by atoms with Gasteiger partial charge in [-0.3, -0.25) is 9.59 Å². The molecule has 2 atom stereocenters. The number of amides is 2. The average Bonchev–Trinajstić information content (AvgIpc) is 2.85. The molecule has 3 rings (SSSR count). The Kier molecular flexibility index (Phi) is 9.70. The van der Waals surface area contributed by atoms with E-state index in [0.717, 1.165) is 17.5 Å². The van der Waals surface area contributed by atoms with E-state index in [0.29, 0.717) is 16.5 Å². The Bertz CT molecular complexity index is 1160. The maximum Gasteiger partial charge on any atom is 0.243 e. The number of nitrogens with zero attached hydrogens (tertiary/aromatic N) is 1. The lowest BCUT2D eigenvalue weighted by atomic mass is 10.0. The molecule has 0 aliphatic rings. The van der Waals surface area contributed by atoms with Crippen molar-refractivity contribution < 1.29 is 14.0 Å². The third kappa shape index (κ3) is 7.55. The van der Waals surface area contributed by atoms with Crippen LogP contribution in [0.5, 0.6) is 0 Å². The number of hydrogen-bond acceptors (Lipinski definition) is 2. The van der Waals surface area contributed by atoms with Gasteiger partial charge >= 0.3 is 0 Å². The van der Waals surface area contributed by atoms with E-state index in [1.54, 1.807) is 36.4 Å². The first-order valence-corrected chi connectivity index (χ1v) is 12.3. The third-order valence-electron chi connectivity index (χ3n) is 5.91. The number of benzene rings is 3. The maximum atomic E-state index is 14.4. The maximum absolute atomic E-state index is 14.4. The van der Waals surface area contributed by atoms with Crippen LogP contribution in [0, 0.1) is 5.82 Å². The molecule has 184 valence electrons. The molecule has 7 heteroatoms. The molecule has 0 aliphatic carbocycles. The molecule has 2 amide bonds. The predicted molar refractivity (Wildman–Crippen MR) is 139 cm³/mol. The molecule has 0 saturated carbocycles. The van der Waals surface area contributed by atoms with Gasteiger partial charge in [-0.1, -0.05) is 84.7 Å². The standard InChI is InChI=1S/C28H29Cl2FN2O2/c1-3-19(2)32-28(35)26(16-20-9-5-4-6-10-20)33(18-21-13-14-23(29)24(30)15-21)27(34)17-22-11-7-8-12-25(22)31/h4-15,19,26H,3,16-18H2,1-2H3,(H,32,35)/t19-,26+/m0/s1. The Morgan fingerprint density at radius 3 is 2.29 bits per heavy atom. The summed E-state index contributed by atoms with van der Waals surface area (Å²) >= 11 is 12.3. The van der Waals surface area contributed by atoms with Crippen LogP contribution in [0.25, 0.3) is 0 Å². The average molecular weight is 515 g/mol. The molecule has 35 heavy (non-hydrogen) atoms. The number of nitrogens with one attached hydrogen (secondary N) is 1. The van der Waals surface area contributed by atoms with Gasteiger partial charge in [0.1, 0.15) is 11.9 Å². The van der Waals surface area contributed by atoms with Crippen LogP contribution < -0.4 is 5.32 Å². The van der Waals surface area contributed by atoms with E-state index in [2.05, 4.69) is 5.32 Å². The van der Waals surface area contributed by atoms with Crippen molar-refractivity contribution in [1.29, 1.82) is 0 Å². The Morgan fingerprint density at radius 2 is 1.63 bits per heavy atom. The third-order valence-corrected chi connectivity index (χ3v) is 6.65. The van der Waals surface area contributed by atoms with Gasteiger partial charge in [-0.25, -0.2) is 4.39 Å². The van der Waals surface area contributed by atoms with Crippen molar-refractivity contribution in [2.75, 3.05) is 0 Å². The van der Waals surface area contributed by atoms with Gasteiger partial charge in [0.2, 0.25) is 11.8 Å². The molecule has 4 nitrogen and oxygen atoms in total. The van der Waals surface area contributed by atoms with Gasteiger partial charge in [-0.05, 0) is 48.2 Å². The number of rotatable bonds is 10. The van der Waals surface area contributed by atoms with Crippen LogP contribution in [-0.4, -0.2) is 28.8 Å². The minimum Gasteiger partial charge on any atom is -0.352 e. The molecule has 0 fully saturated rings. The second kappa shape index (κ2) is 12.7. The van der Waals surface area contributed by atoms with Gasteiger partial charge in [-0.2, -0.15) is 0 Å². The molecule has 0 aliphatic heterocycles. The second-order valence-corrected chi connectivity index (χ2v) is 9.38. The minimum atomic E-state index is -0.805. The van der Waals surface area contributed by atoms with E-state index in [1.165, 1.54) is 11.0 Å². The molecule has 0 heterocycles. The summed E-state index contributed by atoms with van der Waals surface area (Å²) in [6.07, 6.45) is 0.892. The van der Waals surface area contributed by atoms with Crippen LogP contribution in [-0.2, 0) is 29.0 Å². The largest absolute Gasteiger partial charge is 0.352 e. The van der Waals surface area contributed by atoms with E-state index in [9.17, 15) is 14.0 Å². The van der Waals surface area contributed by atoms with Gasteiger partial charge in [-0.15, -0.1) is 0 Å². The quantitative estimate of drug-likeness (QED) is 0.348. The number of carbonyl (C=O) groups excluding carboxylic acids is 2. The van der Waals surface area contributed by atoms with Crippen LogP contribution >= 0.6 is 23.2 Å². The molecule has 0 bridgehead atoms. The van der Waals surface area contributed by atoms with Crippen molar-refractivity contribution in [3.63, 3.8) is 0 Å². The summed E-state index contributed by atoms with van der Waals surface area (Å²) in [6.45, 7) is 4.02. The molecule has 0 saturated heterocycles. The fraction of sp³-hybridized carbons (Fsp3) is 0.286. The molecule has 0 radical (unpaired) electrons. The normalized spacial score (nSPS) is 12.6. The number of carbonyl (C=O) groups is 2. The lowest BCUT2D eigenvalue weighted by Gasteiger charge is -2.32. The minimum absolute atomic E-state index is 0.0609. The number of halogens is 3. The van der Waals surface area contributed by atoms with Gasteiger partial charge in [0.15, 0.2) is 0 Å². The molecule has 3 aromatic rings. The molecule has 0 unspecified atom stereocenters. The Hall–Kier alpha value is -2.89. The van der Waals surface area contributed by atoms with Crippen molar-refractivity contribution in [2.24, 2.45) is 0 Å². The van der Waals surface area contributed by atoms with Gasteiger partial charge in [0.05, 0.1) is 16.5 Å². The van der Waals surface area contributed by atoms with Gasteiger partial charge in [0, 0.05) is 19.0 Å². The summed E-state index contributed by atoms with van der Waals surface area (Å²) in [5.74, 6) is -1.08. The van der Waals surface area contributed by atoms with E-state index in [4.69, 9.17) is 23.2 Å². The first kappa shape index (κ1) is 26.7. The highest BCUT2D eigenvalue weighted by molar-refractivity contribution is 6.42. The Labute approximate surface area is 216 Å². The highest BCUT2D eigenvalue weighted by Gasteiger charge is 2.31. The summed E-state index contributed by atoms with van der Waals surface area (Å²) in [7, 11) is 0. The van der Waals surface area contributed by atoms with Crippen molar-refractivity contribution in [2.45, 2.75) is 51.7 Å². The van der Waals surface area contributed by atoms with Gasteiger partial charge in [0.25, 0.3) is 0 Å². The lowest BCUT2D eigenvalue weighted by Crippen LogP contribution is -2.52. The fourth-order valence-electron chi connectivity index (χ4n) is 3.74. The molecular weight excluding hydrogens is 486 g/mol. The fourth-order valence-corrected chi connectivity index (χ4v) is 4.06. The predicted octanol–water partition coefficient (Wildman–Crippen LogP) is 6.23. The van der Waals surface area contributed by atoms with Crippen molar-refractivity contribution in [3.05, 3.63) is 105 Å². The smallest absolute Gasteiger partial charge is 0.243 e. The summed E-state index contributed by atoms with van der Waals surface area (Å²) in [5, 5.41) is 3.77. The Morgan fingerprint density at radius 1 is 0.943 bits per heavy atom. The van der Waals surface area contributed by atoms with Crippen LogP contribution in [0.1, 0.15) is 37.0 Å². The highest BCUT2D eigenvalue weighted by atomic mass is 35.5. The molecule has 0 spiro atoms. The number of hydrogen-bond donors (Lipinski definition) is 1. The monoisotopic (exact) mass is 514 g/mol. The van der Waals surface area contributed by atoms with E-state index in [1.807, 2.05) is 44.2 Å². The van der Waals surface area contributed by atoms with E-state index < -0.39 is 11.9 Å². The van der Waals surface area contributed by atoms with Crippen LogP contribution in [0.4, 0.5) is 4.39 Å². The zero-order valence-corrected chi connectivity index (χ0v) is 21.3. The van der Waals surface area contributed by atoms with Crippen molar-refractivity contribution in [3.8, 4) is 0 Å². The van der Waals surface area contributed by atoms with Crippen molar-refractivity contribution >= 4 is 35.0 Å². The molecule has 1 N–H and O–H groups in total. The topological polar surface area (TPSA) is 49.4 Å². The van der Waals surface area contributed by atoms with Crippen LogP contribution in [0.15, 0.2) is 72.8 Å². The van der Waals surface area contributed by atoms with Crippen LogP contribution in [0.2, 0.25) is 10.0 Å². The zero-order chi connectivity index (χ0) is 25.4. The molecule has 3 aromatic carbocycles. The second-order valence-electron chi connectivity index (χ2n) is 8.56. The molecule has 0 aromatic heterocycles.